The molecule has 2 rings (SSSR count). The van der Waals surface area contributed by atoms with Gasteiger partial charge in [-0.2, -0.15) is 0 Å². The van der Waals surface area contributed by atoms with Gasteiger partial charge in [0, 0.05) is 27.2 Å². The van der Waals surface area contributed by atoms with Crippen molar-refractivity contribution in [1.29, 1.82) is 0 Å². The number of aromatic nitrogens is 2. The highest BCUT2D eigenvalue weighted by molar-refractivity contribution is 6.76. The number of hydrogen-bond donors (Lipinski definition) is 2. The summed E-state index contributed by atoms with van der Waals surface area (Å²) in [6.07, 6.45) is -0.863. The molecule has 168 valence electrons. The molecule has 0 saturated carbocycles. The van der Waals surface area contributed by atoms with Gasteiger partial charge in [0.25, 0.3) is 5.82 Å². The highest BCUT2D eigenvalue weighted by Crippen LogP contribution is 2.34. The Kier molecular flexibility index (Phi) is 7.37. The van der Waals surface area contributed by atoms with Crippen LogP contribution in [-0.4, -0.2) is 38.3 Å². The highest BCUT2D eigenvalue weighted by atomic mass is 28.3. The Balaban J connectivity index is 2.48. The molecule has 0 bridgehead atoms. The lowest BCUT2D eigenvalue weighted by atomic mass is 9.99. The van der Waals surface area contributed by atoms with Crippen LogP contribution in [-0.2, 0) is 25.7 Å². The number of hydrogen-bond acceptors (Lipinski definition) is 5. The molecule has 30 heavy (non-hydrogen) atoms. The average Bonchev–Trinajstić information content (AvgIpc) is 2.93. The van der Waals surface area contributed by atoms with Gasteiger partial charge in [0.1, 0.15) is 0 Å². The molecule has 0 aliphatic rings. The van der Waals surface area contributed by atoms with Crippen LogP contribution in [0.15, 0.2) is 6.07 Å². The number of fused-ring (bicyclic) bond motifs is 1. The third-order valence-electron chi connectivity index (χ3n) is 5.04. The second-order valence-electron chi connectivity index (χ2n) is 10.0. The molecule has 0 fully saturated rings. The SMILES string of the molecule is COC(=O)C(OC(C)(C)C)c1cc2c([nH]c(C)[n+]2COCC[Si](C)(C)C)c(N)c1C. The second-order valence-corrected chi connectivity index (χ2v) is 15.6. The fourth-order valence-electron chi connectivity index (χ4n) is 3.25. The Bertz CT molecular complexity index is 910. The monoisotopic (exact) mass is 436 g/mol. The normalized spacial score (nSPS) is 13.6. The topological polar surface area (TPSA) is 90.5 Å². The van der Waals surface area contributed by atoms with E-state index >= 15 is 0 Å². The number of rotatable bonds is 8. The zero-order chi connectivity index (χ0) is 22.9. The number of nitrogens with zero attached hydrogens (tertiary/aromatic N) is 1. The molecule has 0 radical (unpaired) electrons. The Labute approximate surface area is 180 Å². The van der Waals surface area contributed by atoms with Gasteiger partial charge in [0.15, 0.2) is 23.9 Å². The van der Waals surface area contributed by atoms with E-state index in [4.69, 9.17) is 19.9 Å². The van der Waals surface area contributed by atoms with E-state index in [0.717, 1.165) is 35.1 Å². The van der Waals surface area contributed by atoms with Crippen molar-refractivity contribution in [3.05, 3.63) is 23.0 Å². The summed E-state index contributed by atoms with van der Waals surface area (Å²) in [5, 5.41) is 0. The predicted molar refractivity (Wildman–Crippen MR) is 122 cm³/mol. The number of nitrogens with one attached hydrogen (secondary N) is 1. The maximum Gasteiger partial charge on any atom is 0.339 e. The van der Waals surface area contributed by atoms with Crippen LogP contribution in [0, 0.1) is 13.8 Å². The molecule has 0 saturated heterocycles. The second kappa shape index (κ2) is 9.07. The van der Waals surface area contributed by atoms with E-state index in [0.29, 0.717) is 18.0 Å². The summed E-state index contributed by atoms with van der Waals surface area (Å²) in [7, 11) is 0.210. The number of ether oxygens (including phenoxy) is 3. The van der Waals surface area contributed by atoms with E-state index in [-0.39, 0.29) is 0 Å². The number of H-pyrrole nitrogens is 1. The fraction of sp³-hybridized carbons (Fsp3) is 0.636. The van der Waals surface area contributed by atoms with Crippen molar-refractivity contribution in [2.45, 2.75) is 78.7 Å². The molecule has 0 spiro atoms. The number of carbonyl (C=O) groups excluding carboxylic acids is 1. The maximum absolute atomic E-state index is 12.6. The van der Waals surface area contributed by atoms with Crippen molar-refractivity contribution in [2.75, 3.05) is 19.5 Å². The first-order valence-corrected chi connectivity index (χ1v) is 14.1. The zero-order valence-corrected chi connectivity index (χ0v) is 20.9. The summed E-state index contributed by atoms with van der Waals surface area (Å²) in [6, 6.07) is 3.06. The van der Waals surface area contributed by atoms with Crippen LogP contribution in [0.5, 0.6) is 0 Å². The van der Waals surface area contributed by atoms with Crippen LogP contribution in [0.25, 0.3) is 11.0 Å². The summed E-state index contributed by atoms with van der Waals surface area (Å²) < 4.78 is 19.1. The summed E-state index contributed by atoms with van der Waals surface area (Å²) in [4.78, 5) is 15.9. The molecule has 0 amide bonds. The Morgan fingerprint density at radius 1 is 1.27 bits per heavy atom. The third-order valence-corrected chi connectivity index (χ3v) is 6.75. The summed E-state index contributed by atoms with van der Waals surface area (Å²) in [5.41, 5.74) is 9.76. The van der Waals surface area contributed by atoms with E-state index in [2.05, 4.69) is 24.6 Å². The van der Waals surface area contributed by atoms with Gasteiger partial charge in [-0.3, -0.25) is 0 Å². The fourth-order valence-corrected chi connectivity index (χ4v) is 4.01. The van der Waals surface area contributed by atoms with E-state index in [9.17, 15) is 4.79 Å². The van der Waals surface area contributed by atoms with Gasteiger partial charge in [0.2, 0.25) is 0 Å². The van der Waals surface area contributed by atoms with E-state index in [1.807, 2.05) is 45.3 Å². The van der Waals surface area contributed by atoms with Crippen LogP contribution in [0.1, 0.15) is 43.8 Å². The molecular weight excluding hydrogens is 398 g/mol. The van der Waals surface area contributed by atoms with Crippen LogP contribution in [0.2, 0.25) is 25.7 Å². The van der Waals surface area contributed by atoms with E-state index in [1.165, 1.54) is 7.11 Å². The van der Waals surface area contributed by atoms with Gasteiger partial charge in [-0.15, -0.1) is 0 Å². The number of carbonyl (C=O) groups is 1. The Morgan fingerprint density at radius 3 is 2.43 bits per heavy atom. The Morgan fingerprint density at radius 2 is 1.90 bits per heavy atom. The lowest BCUT2D eigenvalue weighted by molar-refractivity contribution is -0.714. The van der Waals surface area contributed by atoms with Gasteiger partial charge in [-0.25, -0.2) is 14.3 Å². The van der Waals surface area contributed by atoms with Gasteiger partial charge in [0.05, 0.1) is 18.4 Å². The quantitative estimate of drug-likeness (QED) is 0.215. The van der Waals surface area contributed by atoms with E-state index in [1.54, 1.807) is 0 Å². The molecule has 1 atom stereocenters. The van der Waals surface area contributed by atoms with Crippen LogP contribution >= 0.6 is 0 Å². The van der Waals surface area contributed by atoms with Crippen molar-refractivity contribution in [1.82, 2.24) is 4.98 Å². The molecule has 2 aromatic rings. The van der Waals surface area contributed by atoms with Crippen molar-refractivity contribution >= 4 is 30.8 Å². The van der Waals surface area contributed by atoms with Crippen molar-refractivity contribution < 1.29 is 23.6 Å². The minimum atomic E-state index is -1.16. The molecule has 1 heterocycles. The van der Waals surface area contributed by atoms with Gasteiger partial charge >= 0.3 is 5.97 Å². The van der Waals surface area contributed by atoms with Crippen molar-refractivity contribution in [2.24, 2.45) is 0 Å². The number of nitrogen functional groups attached to an aromatic ring is 1. The van der Waals surface area contributed by atoms with Gasteiger partial charge in [-0.05, 0) is 45.4 Å². The predicted octanol–water partition coefficient (Wildman–Crippen LogP) is 4.00. The van der Waals surface area contributed by atoms with Crippen LogP contribution < -0.4 is 10.3 Å². The summed E-state index contributed by atoms with van der Waals surface area (Å²) in [6.45, 7) is 17.8. The van der Waals surface area contributed by atoms with E-state index < -0.39 is 25.7 Å². The maximum atomic E-state index is 12.6. The number of aromatic amines is 1. The first-order valence-electron chi connectivity index (χ1n) is 10.4. The summed E-state index contributed by atoms with van der Waals surface area (Å²) >= 11 is 0. The Hall–Kier alpha value is -1.90. The smallest absolute Gasteiger partial charge is 0.339 e. The number of aryl methyl sites for hydroxylation is 1. The van der Waals surface area contributed by atoms with Gasteiger partial charge < -0.3 is 19.9 Å². The molecule has 1 aromatic heterocycles. The average molecular weight is 437 g/mol. The van der Waals surface area contributed by atoms with Crippen molar-refractivity contribution in [3.63, 3.8) is 0 Å². The number of esters is 1. The molecule has 1 unspecified atom stereocenters. The molecule has 1 aromatic carbocycles. The lowest BCUT2D eigenvalue weighted by Gasteiger charge is -2.27. The third kappa shape index (κ3) is 5.83. The standard InChI is InChI=1S/C22H37N3O4Si/c1-14-16(20(21(26)27-6)29-22(3,4)5)12-17-19(18(14)23)24-15(2)25(17)13-28-10-11-30(7,8)9/h12,20H,10-11,13,23H2,1-9H3/p+1. The van der Waals surface area contributed by atoms with Crippen LogP contribution in [0.4, 0.5) is 5.69 Å². The first kappa shape index (κ1) is 24.4. The minimum absolute atomic E-state index is 0.418. The molecule has 3 N–H and O–H groups in total. The molecule has 0 aliphatic heterocycles. The molecule has 8 heteroatoms. The number of methoxy groups -OCH3 is 1. The largest absolute Gasteiger partial charge is 0.467 e. The molecule has 0 aliphatic carbocycles. The minimum Gasteiger partial charge on any atom is -0.467 e. The molecule has 7 nitrogen and oxygen atoms in total. The number of benzene rings is 1. The number of nitrogens with two attached hydrogens (primary N) is 1. The van der Waals surface area contributed by atoms with Gasteiger partial charge in [-0.1, -0.05) is 19.6 Å². The number of imidazole rings is 1. The lowest BCUT2D eigenvalue weighted by Crippen LogP contribution is -2.38. The highest BCUT2D eigenvalue weighted by Gasteiger charge is 2.32. The van der Waals surface area contributed by atoms with Crippen molar-refractivity contribution in [3.8, 4) is 0 Å². The first-order chi connectivity index (χ1) is 13.7. The number of anilines is 1. The summed E-state index contributed by atoms with van der Waals surface area (Å²) in [5.74, 6) is 0.490. The van der Waals surface area contributed by atoms with Crippen LogP contribution in [0.3, 0.4) is 0 Å². The zero-order valence-electron chi connectivity index (χ0n) is 19.9. The molecular formula is C22H38N3O4Si+.